The molecule has 0 radical (unpaired) electrons. The van der Waals surface area contributed by atoms with Crippen molar-refractivity contribution < 1.29 is 22.7 Å². The summed E-state index contributed by atoms with van der Waals surface area (Å²) in [7, 11) is -1.67. The van der Waals surface area contributed by atoms with Gasteiger partial charge in [0.2, 0.25) is 0 Å². The highest BCUT2D eigenvalue weighted by Crippen LogP contribution is 2.22. The second kappa shape index (κ2) is 9.58. The van der Waals surface area contributed by atoms with E-state index in [9.17, 15) is 18.0 Å². The molecule has 2 fully saturated rings. The number of nitrogens with one attached hydrogen (secondary N) is 1. The first-order chi connectivity index (χ1) is 13.9. The summed E-state index contributed by atoms with van der Waals surface area (Å²) in [6.07, 6.45) is 3.96. The molecule has 3 rings (SSSR count). The summed E-state index contributed by atoms with van der Waals surface area (Å²) < 4.78 is 28.6. The summed E-state index contributed by atoms with van der Waals surface area (Å²) in [5.41, 5.74) is 1.64. The first kappa shape index (κ1) is 21.6. The Morgan fingerprint density at radius 3 is 2.45 bits per heavy atom. The van der Waals surface area contributed by atoms with Gasteiger partial charge >= 0.3 is 11.8 Å². The maximum absolute atomic E-state index is 12.7. The lowest BCUT2D eigenvalue weighted by atomic mass is 10.1. The molecule has 2 aliphatic rings. The number of ether oxygens (including phenoxy) is 1. The molecule has 0 aromatic heterocycles. The van der Waals surface area contributed by atoms with E-state index >= 15 is 0 Å². The van der Waals surface area contributed by atoms with Crippen LogP contribution in [0.2, 0.25) is 0 Å². The number of piperidine rings is 1. The van der Waals surface area contributed by atoms with Crippen molar-refractivity contribution in [2.24, 2.45) is 0 Å². The second-order valence-corrected chi connectivity index (χ2v) is 9.83. The van der Waals surface area contributed by atoms with Crippen molar-refractivity contribution in [3.05, 3.63) is 24.3 Å². The van der Waals surface area contributed by atoms with Crippen LogP contribution in [0.4, 0.5) is 11.4 Å². The number of sulfone groups is 1. The van der Waals surface area contributed by atoms with Crippen molar-refractivity contribution >= 4 is 33.0 Å². The highest BCUT2D eigenvalue weighted by Gasteiger charge is 2.36. The normalized spacial score (nSPS) is 21.0. The zero-order valence-corrected chi connectivity index (χ0v) is 17.6. The van der Waals surface area contributed by atoms with E-state index in [2.05, 4.69) is 10.2 Å². The number of carbonyl (C=O) groups excluding carboxylic acids is 2. The van der Waals surface area contributed by atoms with Crippen LogP contribution in [0, 0.1) is 0 Å². The van der Waals surface area contributed by atoms with Crippen LogP contribution in [0.25, 0.3) is 0 Å². The van der Waals surface area contributed by atoms with Crippen LogP contribution < -0.4 is 10.2 Å². The third-order valence-corrected chi connectivity index (χ3v) is 7.24. The Labute approximate surface area is 172 Å². The third kappa shape index (κ3) is 5.70. The second-order valence-electron chi connectivity index (χ2n) is 7.60. The van der Waals surface area contributed by atoms with E-state index in [0.29, 0.717) is 12.1 Å². The summed E-state index contributed by atoms with van der Waals surface area (Å²) in [6, 6.07) is 6.97. The molecule has 2 amide bonds. The standard InChI is InChI=1S/C20H29N3O5S/c1-28-13-12-23(18-9-14-29(26,27)15-18)20(25)19(24)21-16-5-7-17(8-6-16)22-10-3-2-4-11-22/h5-8,18H,2-4,9-15H2,1H3,(H,21,24). The zero-order valence-electron chi connectivity index (χ0n) is 16.8. The number of benzene rings is 1. The molecule has 2 saturated heterocycles. The van der Waals surface area contributed by atoms with Gasteiger partial charge in [-0.15, -0.1) is 0 Å². The van der Waals surface area contributed by atoms with Gasteiger partial charge < -0.3 is 19.9 Å². The maximum Gasteiger partial charge on any atom is 0.313 e. The molecule has 1 N–H and O–H groups in total. The van der Waals surface area contributed by atoms with Crippen LogP contribution in [-0.4, -0.2) is 76.0 Å². The smallest absolute Gasteiger partial charge is 0.313 e. The summed E-state index contributed by atoms with van der Waals surface area (Å²) in [6.45, 7) is 2.48. The lowest BCUT2D eigenvalue weighted by Crippen LogP contribution is -2.47. The van der Waals surface area contributed by atoms with Gasteiger partial charge in [0.05, 0.1) is 18.1 Å². The Hall–Kier alpha value is -2.13. The first-order valence-corrected chi connectivity index (χ1v) is 11.9. The van der Waals surface area contributed by atoms with Gasteiger partial charge in [0.15, 0.2) is 9.84 Å². The van der Waals surface area contributed by atoms with Crippen LogP contribution in [0.1, 0.15) is 25.7 Å². The van der Waals surface area contributed by atoms with Crippen molar-refractivity contribution in [2.45, 2.75) is 31.7 Å². The van der Waals surface area contributed by atoms with Crippen molar-refractivity contribution in [3.63, 3.8) is 0 Å². The molecule has 0 bridgehead atoms. The van der Waals surface area contributed by atoms with Gasteiger partial charge in [0.1, 0.15) is 0 Å². The Balaban J connectivity index is 1.63. The number of amides is 2. The fourth-order valence-corrected chi connectivity index (χ4v) is 5.61. The van der Waals surface area contributed by atoms with Crippen LogP contribution in [0.3, 0.4) is 0 Å². The molecule has 1 aromatic carbocycles. The fraction of sp³-hybridized carbons (Fsp3) is 0.600. The maximum atomic E-state index is 12.7. The van der Waals surface area contributed by atoms with Gasteiger partial charge in [0.25, 0.3) is 0 Å². The highest BCUT2D eigenvalue weighted by molar-refractivity contribution is 7.91. The number of nitrogens with zero attached hydrogens (tertiary/aromatic N) is 2. The van der Waals surface area contributed by atoms with Crippen molar-refractivity contribution in [2.75, 3.05) is 55.1 Å². The summed E-state index contributed by atoms with van der Waals surface area (Å²) >= 11 is 0. The monoisotopic (exact) mass is 423 g/mol. The van der Waals surface area contributed by atoms with Crippen LogP contribution in [-0.2, 0) is 24.2 Å². The number of hydrogen-bond acceptors (Lipinski definition) is 6. The molecular formula is C20H29N3O5S. The van der Waals surface area contributed by atoms with Crippen molar-refractivity contribution in [3.8, 4) is 0 Å². The molecule has 1 atom stereocenters. The van der Waals surface area contributed by atoms with E-state index in [1.165, 1.54) is 31.3 Å². The quantitative estimate of drug-likeness (QED) is 0.693. The predicted molar refractivity (Wildman–Crippen MR) is 112 cm³/mol. The SMILES string of the molecule is COCCN(C(=O)C(=O)Nc1ccc(N2CCCCC2)cc1)C1CCS(=O)(=O)C1. The zero-order chi connectivity index (χ0) is 20.9. The van der Waals surface area contributed by atoms with Gasteiger partial charge in [-0.25, -0.2) is 8.42 Å². The average Bonchev–Trinajstić information content (AvgIpc) is 3.08. The summed E-state index contributed by atoms with van der Waals surface area (Å²) in [5.74, 6) is -1.57. The Bertz CT molecular complexity index is 819. The van der Waals surface area contributed by atoms with E-state index in [1.54, 1.807) is 12.1 Å². The van der Waals surface area contributed by atoms with Gasteiger partial charge in [0, 0.05) is 44.2 Å². The topological polar surface area (TPSA) is 96.0 Å². The van der Waals surface area contributed by atoms with E-state index in [0.717, 1.165) is 18.8 Å². The molecule has 9 heteroatoms. The van der Waals surface area contributed by atoms with E-state index in [1.807, 2.05) is 12.1 Å². The lowest BCUT2D eigenvalue weighted by Gasteiger charge is -2.29. The number of anilines is 2. The average molecular weight is 424 g/mol. The van der Waals surface area contributed by atoms with Gasteiger partial charge in [-0.1, -0.05) is 0 Å². The molecule has 1 unspecified atom stereocenters. The third-order valence-electron chi connectivity index (χ3n) is 5.49. The fourth-order valence-electron chi connectivity index (χ4n) is 3.88. The molecule has 1 aromatic rings. The van der Waals surface area contributed by atoms with E-state index in [-0.39, 0.29) is 24.7 Å². The Morgan fingerprint density at radius 2 is 1.86 bits per heavy atom. The molecule has 0 spiro atoms. The minimum atomic E-state index is -3.17. The highest BCUT2D eigenvalue weighted by atomic mass is 32.2. The number of carbonyl (C=O) groups is 2. The summed E-state index contributed by atoms with van der Waals surface area (Å²) in [4.78, 5) is 28.9. The Kier molecular flexibility index (Phi) is 7.13. The van der Waals surface area contributed by atoms with Crippen LogP contribution in [0.15, 0.2) is 24.3 Å². The first-order valence-electron chi connectivity index (χ1n) is 10.1. The van der Waals surface area contributed by atoms with E-state index < -0.39 is 27.7 Å². The molecule has 0 aliphatic carbocycles. The van der Waals surface area contributed by atoms with Crippen molar-refractivity contribution in [1.29, 1.82) is 0 Å². The summed E-state index contributed by atoms with van der Waals surface area (Å²) in [5, 5.41) is 2.63. The minimum absolute atomic E-state index is 0.0357. The van der Waals surface area contributed by atoms with Gasteiger partial charge in [-0.2, -0.15) is 0 Å². The largest absolute Gasteiger partial charge is 0.383 e. The Morgan fingerprint density at radius 1 is 1.17 bits per heavy atom. The molecule has 160 valence electrons. The number of methoxy groups -OCH3 is 1. The molecule has 0 saturated carbocycles. The van der Waals surface area contributed by atoms with Crippen LogP contribution >= 0.6 is 0 Å². The van der Waals surface area contributed by atoms with Gasteiger partial charge in [-0.05, 0) is 49.9 Å². The number of rotatable bonds is 6. The van der Waals surface area contributed by atoms with Crippen molar-refractivity contribution in [1.82, 2.24) is 4.90 Å². The molecule has 2 heterocycles. The van der Waals surface area contributed by atoms with Gasteiger partial charge in [-0.3, -0.25) is 9.59 Å². The molecule has 2 aliphatic heterocycles. The molecular weight excluding hydrogens is 394 g/mol. The molecule has 8 nitrogen and oxygen atoms in total. The molecule has 29 heavy (non-hydrogen) atoms. The van der Waals surface area contributed by atoms with Crippen LogP contribution in [0.5, 0.6) is 0 Å². The minimum Gasteiger partial charge on any atom is -0.383 e. The lowest BCUT2D eigenvalue weighted by molar-refractivity contribution is -0.144. The van der Waals surface area contributed by atoms with E-state index in [4.69, 9.17) is 4.74 Å². The predicted octanol–water partition coefficient (Wildman–Crippen LogP) is 1.28. The number of hydrogen-bond donors (Lipinski definition) is 1.